The second-order valence-electron chi connectivity index (χ2n) is 10.4. The number of nitrogens with one attached hydrogen (secondary N) is 2. The average molecular weight is 596 g/mol. The van der Waals surface area contributed by atoms with E-state index in [0.29, 0.717) is 22.0 Å². The van der Waals surface area contributed by atoms with E-state index < -0.39 is 0 Å². The summed E-state index contributed by atoms with van der Waals surface area (Å²) in [4.78, 5) is 29.6. The number of rotatable bonds is 11. The molecule has 0 aliphatic carbocycles. The summed E-state index contributed by atoms with van der Waals surface area (Å²) in [5.41, 5.74) is 7.04. The molecule has 4 aromatic rings. The first-order chi connectivity index (χ1) is 21.0. The first-order valence-corrected chi connectivity index (χ1v) is 14.6. The number of amides is 2. The Hall–Kier alpha value is -4.50. The predicted molar refractivity (Wildman–Crippen MR) is 171 cm³/mol. The van der Waals surface area contributed by atoms with Crippen molar-refractivity contribution in [3.8, 4) is 5.75 Å². The molecule has 0 atom stereocenters. The van der Waals surface area contributed by atoms with Crippen LogP contribution in [-0.4, -0.2) is 60.6 Å². The van der Waals surface area contributed by atoms with Crippen molar-refractivity contribution < 1.29 is 14.3 Å². The molecule has 0 radical (unpaired) electrons. The molecule has 0 bridgehead atoms. The third-order valence-electron chi connectivity index (χ3n) is 7.07. The van der Waals surface area contributed by atoms with Gasteiger partial charge in [-0.2, -0.15) is 5.10 Å². The van der Waals surface area contributed by atoms with Crippen molar-refractivity contribution in [1.82, 2.24) is 15.2 Å². The minimum absolute atomic E-state index is 0.139. The summed E-state index contributed by atoms with van der Waals surface area (Å²) in [5, 5.41) is 7.35. The first kappa shape index (κ1) is 30.0. The number of piperazine rings is 1. The summed E-state index contributed by atoms with van der Waals surface area (Å²) in [6.07, 6.45) is 1.55. The quantitative estimate of drug-likeness (QED) is 0.178. The van der Waals surface area contributed by atoms with Gasteiger partial charge in [0.2, 0.25) is 0 Å². The molecule has 43 heavy (non-hydrogen) atoms. The molecule has 220 valence electrons. The van der Waals surface area contributed by atoms with Gasteiger partial charge in [-0.15, -0.1) is 0 Å². The van der Waals surface area contributed by atoms with Gasteiger partial charge < -0.3 is 10.1 Å². The van der Waals surface area contributed by atoms with Crippen LogP contribution in [0.4, 0.5) is 5.69 Å². The molecule has 1 aliphatic rings. The molecule has 4 aromatic carbocycles. The minimum atomic E-state index is -0.291. The molecular weight excluding hydrogens is 562 g/mol. The Labute approximate surface area is 256 Å². The monoisotopic (exact) mass is 595 g/mol. The van der Waals surface area contributed by atoms with Crippen LogP contribution < -0.4 is 15.5 Å². The van der Waals surface area contributed by atoms with Crippen LogP contribution in [0.3, 0.4) is 0 Å². The van der Waals surface area contributed by atoms with Gasteiger partial charge in [0.25, 0.3) is 11.8 Å². The summed E-state index contributed by atoms with van der Waals surface area (Å²) in [7, 11) is 0. The van der Waals surface area contributed by atoms with E-state index in [1.165, 1.54) is 11.1 Å². The zero-order valence-corrected chi connectivity index (χ0v) is 24.5. The van der Waals surface area contributed by atoms with Crippen molar-refractivity contribution in [2.45, 2.75) is 13.1 Å². The van der Waals surface area contributed by atoms with E-state index in [4.69, 9.17) is 16.3 Å². The Morgan fingerprint density at radius 2 is 1.44 bits per heavy atom. The van der Waals surface area contributed by atoms with E-state index >= 15 is 0 Å². The van der Waals surface area contributed by atoms with E-state index in [9.17, 15) is 9.59 Å². The van der Waals surface area contributed by atoms with E-state index in [2.05, 4.69) is 56.0 Å². The summed E-state index contributed by atoms with van der Waals surface area (Å²) in [6.45, 7) is 5.86. The lowest BCUT2D eigenvalue weighted by atomic mass is 10.1. The van der Waals surface area contributed by atoms with Gasteiger partial charge in [0.1, 0.15) is 5.75 Å². The number of hydrogen-bond donors (Lipinski definition) is 2. The summed E-state index contributed by atoms with van der Waals surface area (Å²) < 4.78 is 5.55. The summed E-state index contributed by atoms with van der Waals surface area (Å²) >= 11 is 5.94. The van der Waals surface area contributed by atoms with Crippen LogP contribution in [-0.2, 0) is 17.9 Å². The Balaban J connectivity index is 1.01. The molecule has 8 nitrogen and oxygen atoms in total. The van der Waals surface area contributed by atoms with Gasteiger partial charge in [-0.05, 0) is 71.3 Å². The van der Waals surface area contributed by atoms with Crippen LogP contribution in [0.15, 0.2) is 108 Å². The Morgan fingerprint density at radius 3 is 2.09 bits per heavy atom. The second-order valence-corrected chi connectivity index (χ2v) is 10.8. The number of ether oxygens (including phenoxy) is 1. The van der Waals surface area contributed by atoms with Gasteiger partial charge in [0.05, 0.1) is 6.21 Å². The predicted octanol–water partition coefficient (Wildman–Crippen LogP) is 5.44. The van der Waals surface area contributed by atoms with Crippen molar-refractivity contribution in [1.29, 1.82) is 0 Å². The smallest absolute Gasteiger partial charge is 0.271 e. The normalized spacial score (nSPS) is 14.0. The van der Waals surface area contributed by atoms with Crippen LogP contribution in [0.2, 0.25) is 5.02 Å². The number of benzene rings is 4. The maximum Gasteiger partial charge on any atom is 0.271 e. The molecule has 1 fully saturated rings. The van der Waals surface area contributed by atoms with Crippen LogP contribution in [0, 0.1) is 0 Å². The Bertz CT molecular complexity index is 1520. The lowest BCUT2D eigenvalue weighted by molar-refractivity contribution is -0.118. The van der Waals surface area contributed by atoms with Crippen LogP contribution in [0.5, 0.6) is 5.75 Å². The molecule has 1 saturated heterocycles. The lowest BCUT2D eigenvalue weighted by Gasteiger charge is -2.34. The number of hydrazone groups is 1. The van der Waals surface area contributed by atoms with Gasteiger partial charge in [-0.3, -0.25) is 19.4 Å². The fourth-order valence-corrected chi connectivity index (χ4v) is 4.95. The van der Waals surface area contributed by atoms with Crippen LogP contribution in [0.25, 0.3) is 0 Å². The molecular formula is C34H34ClN5O3. The molecule has 0 unspecified atom stereocenters. The third kappa shape index (κ3) is 9.51. The number of carbonyl (C=O) groups is 2. The number of hydrogen-bond acceptors (Lipinski definition) is 6. The molecule has 0 spiro atoms. The summed E-state index contributed by atoms with van der Waals surface area (Å²) in [6, 6.07) is 32.2. The molecule has 2 N–H and O–H groups in total. The van der Waals surface area contributed by atoms with E-state index in [-0.39, 0.29) is 18.4 Å². The number of halogens is 1. The van der Waals surface area contributed by atoms with Gasteiger partial charge in [-0.25, -0.2) is 5.43 Å². The molecule has 1 aliphatic heterocycles. The Kier molecular flexibility index (Phi) is 10.5. The molecule has 9 heteroatoms. The van der Waals surface area contributed by atoms with Crippen molar-refractivity contribution in [2.75, 3.05) is 38.1 Å². The van der Waals surface area contributed by atoms with Crippen LogP contribution >= 0.6 is 11.6 Å². The maximum absolute atomic E-state index is 12.6. The van der Waals surface area contributed by atoms with Crippen molar-refractivity contribution in [3.05, 3.63) is 130 Å². The van der Waals surface area contributed by atoms with Gasteiger partial charge in [0.15, 0.2) is 6.61 Å². The first-order valence-electron chi connectivity index (χ1n) is 14.2. The molecule has 5 rings (SSSR count). The molecule has 0 aromatic heterocycles. The van der Waals surface area contributed by atoms with Crippen molar-refractivity contribution in [2.24, 2.45) is 5.10 Å². The summed E-state index contributed by atoms with van der Waals surface area (Å²) in [5.74, 6) is -0.0272. The Morgan fingerprint density at radius 1 is 0.791 bits per heavy atom. The third-order valence-corrected chi connectivity index (χ3v) is 7.31. The number of carbonyl (C=O) groups excluding carboxylic acids is 2. The van der Waals surface area contributed by atoms with Gasteiger partial charge in [-0.1, -0.05) is 60.1 Å². The minimum Gasteiger partial charge on any atom is -0.484 e. The van der Waals surface area contributed by atoms with Gasteiger partial charge >= 0.3 is 0 Å². The zero-order chi connectivity index (χ0) is 29.9. The molecule has 1 heterocycles. The molecule has 2 amide bonds. The molecule has 0 saturated carbocycles. The van der Waals surface area contributed by atoms with Crippen molar-refractivity contribution >= 4 is 35.3 Å². The highest BCUT2D eigenvalue weighted by Crippen LogP contribution is 2.16. The highest BCUT2D eigenvalue weighted by Gasteiger charge is 2.17. The van der Waals surface area contributed by atoms with E-state index in [0.717, 1.165) is 44.8 Å². The fraction of sp³-hybridized carbons (Fsp3) is 0.206. The van der Waals surface area contributed by atoms with E-state index in [1.807, 2.05) is 24.3 Å². The van der Waals surface area contributed by atoms with Gasteiger partial charge in [0, 0.05) is 55.5 Å². The number of nitrogens with zero attached hydrogens (tertiary/aromatic N) is 3. The highest BCUT2D eigenvalue weighted by molar-refractivity contribution is 6.30. The number of anilines is 1. The topological polar surface area (TPSA) is 86.3 Å². The van der Waals surface area contributed by atoms with Crippen molar-refractivity contribution in [3.63, 3.8) is 0 Å². The van der Waals surface area contributed by atoms with E-state index in [1.54, 1.807) is 54.7 Å². The fourth-order valence-electron chi connectivity index (χ4n) is 4.76. The maximum atomic E-state index is 12.6. The largest absolute Gasteiger partial charge is 0.484 e. The highest BCUT2D eigenvalue weighted by atomic mass is 35.5. The second kappa shape index (κ2) is 15.1. The average Bonchev–Trinajstić information content (AvgIpc) is 3.02. The lowest BCUT2D eigenvalue weighted by Crippen LogP contribution is -2.45. The standard InChI is InChI=1S/C34H34ClN5O3/c35-30-7-4-8-31(21-30)37-33(41)25-43-32-15-11-26(12-16-32)22-36-38-34(42)29-13-9-28(10-14-29)24-40-19-17-39(18-20-40)23-27-5-2-1-3-6-27/h1-16,21-22H,17-20,23-25H2,(H,37,41)(H,38,42)/b36-22-. The van der Waals surface area contributed by atoms with Crippen LogP contribution in [0.1, 0.15) is 27.0 Å². The SMILES string of the molecule is O=C(COc1ccc(/C=N\NC(=O)c2ccc(CN3CCN(Cc4ccccc4)CC3)cc2)cc1)Nc1cccc(Cl)c1. The zero-order valence-electron chi connectivity index (χ0n) is 23.8.